The number of nitrogens with zero attached hydrogens (tertiary/aromatic N) is 1. The molecule has 3 atom stereocenters. The average Bonchev–Trinajstić information content (AvgIpc) is 3.19. The van der Waals surface area contributed by atoms with E-state index in [1.54, 1.807) is 32.0 Å². The average molecular weight is 460 g/mol. The molecule has 2 aromatic carbocycles. The van der Waals surface area contributed by atoms with E-state index in [9.17, 15) is 18.7 Å². The highest BCUT2D eigenvalue weighted by Gasteiger charge is 2.27. The third-order valence-corrected chi connectivity index (χ3v) is 6.08. The molecule has 178 valence electrons. The van der Waals surface area contributed by atoms with Gasteiger partial charge in [-0.1, -0.05) is 18.2 Å². The van der Waals surface area contributed by atoms with Crippen LogP contribution in [-0.4, -0.2) is 52.9 Å². The minimum Gasteiger partial charge on any atom is -0.478 e. The van der Waals surface area contributed by atoms with Crippen molar-refractivity contribution in [2.75, 3.05) is 19.7 Å². The van der Waals surface area contributed by atoms with Gasteiger partial charge in [0.15, 0.2) is 0 Å². The largest absolute Gasteiger partial charge is 0.478 e. The Balaban J connectivity index is 1.55. The first kappa shape index (κ1) is 25.0. The molecule has 0 amide bonds. The molecular formula is C26H31F2NO4. The molecule has 5 nitrogen and oxygen atoms in total. The van der Waals surface area contributed by atoms with Gasteiger partial charge in [0, 0.05) is 18.7 Å². The molecule has 3 rings (SSSR count). The summed E-state index contributed by atoms with van der Waals surface area (Å²) < 4.78 is 33.4. The molecule has 0 spiro atoms. The second kappa shape index (κ2) is 11.5. The summed E-state index contributed by atoms with van der Waals surface area (Å²) in [4.78, 5) is 13.0. The topological polar surface area (TPSA) is 70.0 Å². The quantitative estimate of drug-likeness (QED) is 0.512. The third kappa shape index (κ3) is 7.19. The standard InChI is InChI=1S/C26H31F2NO4/c1-17-5-6-19(13-25(17)28)12-22-4-3-11-29(22)15-23(30)16-33-18(2)24-9-8-21(27)14-20(24)7-10-26(31)32/h5-10,13-14,18,22-23,30H,3-4,11-12,15-16H2,1-2H3,(H,31,32)/b10-7+/t18-,22+,23-/m1/s1. The van der Waals surface area contributed by atoms with Gasteiger partial charge in [0.2, 0.25) is 0 Å². The number of aliphatic carboxylic acids is 1. The van der Waals surface area contributed by atoms with Crippen molar-refractivity contribution in [3.63, 3.8) is 0 Å². The van der Waals surface area contributed by atoms with Crippen LogP contribution in [0.1, 0.15) is 48.1 Å². The Labute approximate surface area is 193 Å². The number of ether oxygens (including phenoxy) is 1. The van der Waals surface area contributed by atoms with Crippen molar-refractivity contribution in [3.8, 4) is 0 Å². The SMILES string of the molecule is Cc1ccc(C[C@@H]2CCCN2C[C@@H](O)CO[C@H](C)c2ccc(F)cc2/C=C/C(=O)O)cc1F. The zero-order valence-corrected chi connectivity index (χ0v) is 19.0. The maximum absolute atomic E-state index is 13.9. The number of carboxylic acid groups (broad SMARTS) is 1. The molecule has 0 aromatic heterocycles. The highest BCUT2D eigenvalue weighted by molar-refractivity contribution is 5.85. The first-order valence-electron chi connectivity index (χ1n) is 11.2. The third-order valence-electron chi connectivity index (χ3n) is 6.08. The van der Waals surface area contributed by atoms with E-state index in [-0.39, 0.29) is 18.5 Å². The van der Waals surface area contributed by atoms with Crippen LogP contribution in [0.4, 0.5) is 8.78 Å². The van der Waals surface area contributed by atoms with Gasteiger partial charge >= 0.3 is 5.97 Å². The van der Waals surface area contributed by atoms with E-state index in [1.165, 1.54) is 18.2 Å². The molecule has 1 aliphatic rings. The lowest BCUT2D eigenvalue weighted by molar-refractivity contribution is -0.131. The van der Waals surface area contributed by atoms with Crippen LogP contribution in [0.25, 0.3) is 6.08 Å². The van der Waals surface area contributed by atoms with Crippen molar-refractivity contribution in [2.24, 2.45) is 0 Å². The van der Waals surface area contributed by atoms with Crippen molar-refractivity contribution >= 4 is 12.0 Å². The fourth-order valence-electron chi connectivity index (χ4n) is 4.29. The Hall–Kier alpha value is -2.61. The summed E-state index contributed by atoms with van der Waals surface area (Å²) in [5.41, 5.74) is 2.64. The van der Waals surface area contributed by atoms with Crippen LogP contribution in [0.3, 0.4) is 0 Å². The summed E-state index contributed by atoms with van der Waals surface area (Å²) in [6.07, 6.45) is 3.86. The van der Waals surface area contributed by atoms with Gasteiger partial charge in [0.25, 0.3) is 0 Å². The predicted octanol–water partition coefficient (Wildman–Crippen LogP) is 4.52. The van der Waals surface area contributed by atoms with Gasteiger partial charge in [-0.2, -0.15) is 0 Å². The van der Waals surface area contributed by atoms with Gasteiger partial charge < -0.3 is 14.9 Å². The Morgan fingerprint density at radius 3 is 2.79 bits per heavy atom. The lowest BCUT2D eigenvalue weighted by Gasteiger charge is -2.27. The van der Waals surface area contributed by atoms with E-state index < -0.39 is 24.0 Å². The second-order valence-electron chi connectivity index (χ2n) is 8.65. The van der Waals surface area contributed by atoms with E-state index in [4.69, 9.17) is 9.84 Å². The van der Waals surface area contributed by atoms with E-state index in [0.717, 1.165) is 37.4 Å². The Morgan fingerprint density at radius 1 is 1.27 bits per heavy atom. The summed E-state index contributed by atoms with van der Waals surface area (Å²) >= 11 is 0. The maximum Gasteiger partial charge on any atom is 0.328 e. The van der Waals surface area contributed by atoms with Crippen LogP contribution in [-0.2, 0) is 16.0 Å². The smallest absolute Gasteiger partial charge is 0.328 e. The summed E-state index contributed by atoms with van der Waals surface area (Å²) in [7, 11) is 0. The number of hydrogen-bond acceptors (Lipinski definition) is 4. The number of aliphatic hydroxyl groups excluding tert-OH is 1. The van der Waals surface area contributed by atoms with Gasteiger partial charge in [0.1, 0.15) is 11.6 Å². The van der Waals surface area contributed by atoms with E-state index in [2.05, 4.69) is 4.90 Å². The molecule has 2 aromatic rings. The van der Waals surface area contributed by atoms with Gasteiger partial charge in [-0.15, -0.1) is 0 Å². The molecule has 1 heterocycles. The number of aliphatic hydroxyl groups is 1. The van der Waals surface area contributed by atoms with Crippen LogP contribution in [0.5, 0.6) is 0 Å². The predicted molar refractivity (Wildman–Crippen MR) is 123 cm³/mol. The van der Waals surface area contributed by atoms with E-state index in [0.29, 0.717) is 23.2 Å². The molecule has 7 heteroatoms. The number of likely N-dealkylation sites (tertiary alicyclic amines) is 1. The zero-order valence-electron chi connectivity index (χ0n) is 19.0. The number of carboxylic acids is 1. The monoisotopic (exact) mass is 459 g/mol. The first-order chi connectivity index (χ1) is 15.7. The normalized spacial score (nSPS) is 18.6. The van der Waals surface area contributed by atoms with E-state index >= 15 is 0 Å². The number of β-amino-alcohol motifs (C(OH)–C–C–N with tert-alkyl or cyclic N) is 1. The second-order valence-corrected chi connectivity index (χ2v) is 8.65. The van der Waals surface area contributed by atoms with Crippen molar-refractivity contribution in [3.05, 3.63) is 76.4 Å². The molecule has 0 saturated carbocycles. The van der Waals surface area contributed by atoms with E-state index in [1.807, 2.05) is 6.07 Å². The fourth-order valence-corrected chi connectivity index (χ4v) is 4.29. The maximum atomic E-state index is 13.9. The van der Waals surface area contributed by atoms with Crippen LogP contribution >= 0.6 is 0 Å². The first-order valence-corrected chi connectivity index (χ1v) is 11.2. The highest BCUT2D eigenvalue weighted by atomic mass is 19.1. The fraction of sp³-hybridized carbons (Fsp3) is 0.423. The van der Waals surface area contributed by atoms with Crippen LogP contribution < -0.4 is 0 Å². The van der Waals surface area contributed by atoms with Crippen molar-refractivity contribution < 1.29 is 28.5 Å². The zero-order chi connectivity index (χ0) is 24.0. The Bertz CT molecular complexity index is 994. The van der Waals surface area contributed by atoms with Gasteiger partial charge in [-0.05, 0) is 86.2 Å². The number of aryl methyl sites for hydroxylation is 1. The minimum atomic E-state index is -1.12. The summed E-state index contributed by atoms with van der Waals surface area (Å²) in [6, 6.07) is 9.69. The van der Waals surface area contributed by atoms with Crippen molar-refractivity contribution in [1.29, 1.82) is 0 Å². The van der Waals surface area contributed by atoms with Crippen LogP contribution in [0.2, 0.25) is 0 Å². The molecule has 1 fully saturated rings. The van der Waals surface area contributed by atoms with Crippen LogP contribution in [0.15, 0.2) is 42.5 Å². The summed E-state index contributed by atoms with van der Waals surface area (Å²) in [5.74, 6) is -1.79. The lowest BCUT2D eigenvalue weighted by atomic mass is 10.0. The molecule has 0 bridgehead atoms. The van der Waals surface area contributed by atoms with Gasteiger partial charge in [0.05, 0.1) is 18.8 Å². The number of carbonyl (C=O) groups is 1. The van der Waals surface area contributed by atoms with Crippen molar-refractivity contribution in [1.82, 2.24) is 4.90 Å². The van der Waals surface area contributed by atoms with Crippen molar-refractivity contribution in [2.45, 2.75) is 51.4 Å². The number of rotatable bonds is 10. The lowest BCUT2D eigenvalue weighted by Crippen LogP contribution is -2.39. The molecule has 2 N–H and O–H groups in total. The van der Waals surface area contributed by atoms with Gasteiger partial charge in [-0.3, -0.25) is 4.90 Å². The molecule has 1 saturated heterocycles. The number of benzene rings is 2. The molecule has 0 radical (unpaired) electrons. The van der Waals surface area contributed by atoms with Crippen LogP contribution in [0, 0.1) is 18.6 Å². The molecule has 0 aliphatic carbocycles. The molecule has 1 aliphatic heterocycles. The summed E-state index contributed by atoms with van der Waals surface area (Å²) in [5, 5.41) is 19.4. The number of hydrogen-bond donors (Lipinski definition) is 2. The van der Waals surface area contributed by atoms with Gasteiger partial charge in [-0.25, -0.2) is 13.6 Å². The highest BCUT2D eigenvalue weighted by Crippen LogP contribution is 2.25. The minimum absolute atomic E-state index is 0.0863. The molecule has 0 unspecified atom stereocenters. The summed E-state index contributed by atoms with van der Waals surface area (Å²) in [6.45, 7) is 4.93. The Morgan fingerprint density at radius 2 is 2.06 bits per heavy atom. The molecular weight excluding hydrogens is 428 g/mol. The number of halogens is 2. The Kier molecular flexibility index (Phi) is 8.72. The molecule has 33 heavy (non-hydrogen) atoms.